The van der Waals surface area contributed by atoms with Crippen molar-refractivity contribution in [2.24, 2.45) is 0 Å². The molecule has 0 fully saturated rings. The van der Waals surface area contributed by atoms with E-state index in [1.807, 2.05) is 30.3 Å². The van der Waals surface area contributed by atoms with Crippen LogP contribution in [0.1, 0.15) is 30.9 Å². The van der Waals surface area contributed by atoms with Crippen LogP contribution >= 0.6 is 0 Å². The number of rotatable bonds is 6. The Kier molecular flexibility index (Phi) is 5.63. The number of ether oxygens (including phenoxy) is 2. The fourth-order valence-electron chi connectivity index (χ4n) is 2.37. The summed E-state index contributed by atoms with van der Waals surface area (Å²) in [6, 6.07) is 13.4. The topological polar surface area (TPSA) is 47.6 Å². The number of carbonyl (C=O) groups excluding carboxylic acids is 1. The van der Waals surface area contributed by atoms with Gasteiger partial charge in [0.25, 0.3) is 0 Å². The standard InChI is InChI=1S/C19H23NO3/c1-13(2)14-6-5-7-16(10-14)20-19(21)12-15-11-17(22-3)8-9-18(15)23-4/h5-11,13H,12H2,1-4H3,(H,20,21). The van der Waals surface area contributed by atoms with E-state index in [0.717, 1.165) is 11.3 Å². The quantitative estimate of drug-likeness (QED) is 0.876. The summed E-state index contributed by atoms with van der Waals surface area (Å²) in [5, 5.41) is 2.94. The number of carbonyl (C=O) groups is 1. The van der Waals surface area contributed by atoms with E-state index in [2.05, 4.69) is 25.2 Å². The summed E-state index contributed by atoms with van der Waals surface area (Å²) in [6.07, 6.45) is 0.228. The average Bonchev–Trinajstić information content (AvgIpc) is 2.54. The lowest BCUT2D eigenvalue weighted by atomic mass is 10.0. The molecule has 4 nitrogen and oxygen atoms in total. The Morgan fingerprint density at radius 3 is 2.52 bits per heavy atom. The van der Waals surface area contributed by atoms with Crippen LogP contribution in [-0.4, -0.2) is 20.1 Å². The first-order chi connectivity index (χ1) is 11.0. The van der Waals surface area contributed by atoms with Gasteiger partial charge in [-0.25, -0.2) is 0 Å². The average molecular weight is 313 g/mol. The smallest absolute Gasteiger partial charge is 0.228 e. The first kappa shape index (κ1) is 16.9. The molecule has 0 aliphatic carbocycles. The predicted molar refractivity (Wildman–Crippen MR) is 92.4 cm³/mol. The van der Waals surface area contributed by atoms with E-state index < -0.39 is 0 Å². The molecule has 2 aromatic carbocycles. The molecule has 1 amide bonds. The predicted octanol–water partition coefficient (Wildman–Crippen LogP) is 4.01. The van der Waals surface area contributed by atoms with Gasteiger partial charge in [0.15, 0.2) is 0 Å². The highest BCUT2D eigenvalue weighted by Gasteiger charge is 2.11. The number of hydrogen-bond acceptors (Lipinski definition) is 3. The third-order valence-electron chi connectivity index (χ3n) is 3.68. The van der Waals surface area contributed by atoms with Gasteiger partial charge in [-0.05, 0) is 41.8 Å². The Balaban J connectivity index is 2.12. The van der Waals surface area contributed by atoms with Crippen molar-refractivity contribution in [2.75, 3.05) is 19.5 Å². The molecule has 0 saturated heterocycles. The molecule has 0 radical (unpaired) electrons. The van der Waals surface area contributed by atoms with Gasteiger partial charge in [0.2, 0.25) is 5.91 Å². The SMILES string of the molecule is COc1ccc(OC)c(CC(=O)Nc2cccc(C(C)C)c2)c1. The van der Waals surface area contributed by atoms with Crippen molar-refractivity contribution >= 4 is 11.6 Å². The number of methoxy groups -OCH3 is 2. The zero-order valence-corrected chi connectivity index (χ0v) is 14.1. The lowest BCUT2D eigenvalue weighted by molar-refractivity contribution is -0.115. The largest absolute Gasteiger partial charge is 0.497 e. The Morgan fingerprint density at radius 1 is 1.09 bits per heavy atom. The van der Waals surface area contributed by atoms with Gasteiger partial charge in [0.05, 0.1) is 20.6 Å². The second-order valence-electron chi connectivity index (χ2n) is 5.68. The Hall–Kier alpha value is -2.49. The summed E-state index contributed by atoms with van der Waals surface area (Å²) in [5.74, 6) is 1.72. The summed E-state index contributed by atoms with van der Waals surface area (Å²) >= 11 is 0. The van der Waals surface area contributed by atoms with Crippen molar-refractivity contribution in [1.29, 1.82) is 0 Å². The maximum absolute atomic E-state index is 12.3. The van der Waals surface area contributed by atoms with Gasteiger partial charge in [-0.2, -0.15) is 0 Å². The molecule has 0 aliphatic rings. The number of benzene rings is 2. The first-order valence-electron chi connectivity index (χ1n) is 7.64. The first-order valence-corrected chi connectivity index (χ1v) is 7.64. The van der Waals surface area contributed by atoms with Crippen LogP contribution in [0.15, 0.2) is 42.5 Å². The molecule has 4 heteroatoms. The summed E-state index contributed by atoms with van der Waals surface area (Å²) in [4.78, 5) is 12.3. The van der Waals surface area contributed by atoms with E-state index in [9.17, 15) is 4.79 Å². The van der Waals surface area contributed by atoms with Crippen LogP contribution in [0.2, 0.25) is 0 Å². The highest BCUT2D eigenvalue weighted by molar-refractivity contribution is 5.92. The van der Waals surface area contributed by atoms with Crippen LogP contribution in [0.3, 0.4) is 0 Å². The number of hydrogen-bond donors (Lipinski definition) is 1. The molecule has 0 bridgehead atoms. The lowest BCUT2D eigenvalue weighted by Gasteiger charge is -2.12. The molecule has 0 unspecified atom stereocenters. The third kappa shape index (κ3) is 4.49. The number of nitrogens with one attached hydrogen (secondary N) is 1. The van der Waals surface area contributed by atoms with E-state index in [0.29, 0.717) is 17.4 Å². The summed E-state index contributed by atoms with van der Waals surface area (Å²) in [6.45, 7) is 4.25. The minimum Gasteiger partial charge on any atom is -0.497 e. The van der Waals surface area contributed by atoms with Crippen LogP contribution < -0.4 is 14.8 Å². The molecule has 23 heavy (non-hydrogen) atoms. The van der Waals surface area contributed by atoms with E-state index in [1.165, 1.54) is 5.56 Å². The van der Waals surface area contributed by atoms with E-state index in [4.69, 9.17) is 9.47 Å². The van der Waals surface area contributed by atoms with E-state index in [1.54, 1.807) is 20.3 Å². The molecule has 2 rings (SSSR count). The van der Waals surface area contributed by atoms with Gasteiger partial charge in [0.1, 0.15) is 11.5 Å². The van der Waals surface area contributed by atoms with Crippen molar-refractivity contribution in [1.82, 2.24) is 0 Å². The molecule has 122 valence electrons. The van der Waals surface area contributed by atoms with Gasteiger partial charge in [0, 0.05) is 11.3 Å². The third-order valence-corrected chi connectivity index (χ3v) is 3.68. The van der Waals surface area contributed by atoms with E-state index >= 15 is 0 Å². The van der Waals surface area contributed by atoms with Crippen molar-refractivity contribution < 1.29 is 14.3 Å². The number of anilines is 1. The van der Waals surface area contributed by atoms with Crippen LogP contribution in [0, 0.1) is 0 Å². The van der Waals surface area contributed by atoms with Crippen LogP contribution in [0.5, 0.6) is 11.5 Å². The van der Waals surface area contributed by atoms with Crippen LogP contribution in [-0.2, 0) is 11.2 Å². The lowest BCUT2D eigenvalue weighted by Crippen LogP contribution is -2.15. The van der Waals surface area contributed by atoms with Crippen molar-refractivity contribution in [3.63, 3.8) is 0 Å². The fourth-order valence-corrected chi connectivity index (χ4v) is 2.37. The van der Waals surface area contributed by atoms with Gasteiger partial charge < -0.3 is 14.8 Å². The Labute approximate surface area is 137 Å². The molecular weight excluding hydrogens is 290 g/mol. The van der Waals surface area contributed by atoms with Gasteiger partial charge in [-0.3, -0.25) is 4.79 Å². The van der Waals surface area contributed by atoms with Crippen LogP contribution in [0.4, 0.5) is 5.69 Å². The minimum atomic E-state index is -0.0857. The summed E-state index contributed by atoms with van der Waals surface area (Å²) in [5.41, 5.74) is 2.80. The maximum atomic E-state index is 12.3. The maximum Gasteiger partial charge on any atom is 0.228 e. The monoisotopic (exact) mass is 313 g/mol. The van der Waals surface area contributed by atoms with Gasteiger partial charge in [-0.1, -0.05) is 26.0 Å². The molecule has 2 aromatic rings. The minimum absolute atomic E-state index is 0.0857. The second kappa shape index (κ2) is 7.68. The highest BCUT2D eigenvalue weighted by Crippen LogP contribution is 2.25. The summed E-state index contributed by atoms with van der Waals surface area (Å²) in [7, 11) is 3.19. The van der Waals surface area contributed by atoms with Gasteiger partial charge in [-0.15, -0.1) is 0 Å². The second-order valence-corrected chi connectivity index (χ2v) is 5.68. The van der Waals surface area contributed by atoms with Crippen molar-refractivity contribution in [2.45, 2.75) is 26.2 Å². The fraction of sp³-hybridized carbons (Fsp3) is 0.316. The molecule has 0 saturated carbocycles. The van der Waals surface area contributed by atoms with Crippen molar-refractivity contribution in [3.05, 3.63) is 53.6 Å². The van der Waals surface area contributed by atoms with E-state index in [-0.39, 0.29) is 12.3 Å². The molecule has 0 aliphatic heterocycles. The van der Waals surface area contributed by atoms with Gasteiger partial charge >= 0.3 is 0 Å². The van der Waals surface area contributed by atoms with Crippen molar-refractivity contribution in [3.8, 4) is 11.5 Å². The molecule has 0 spiro atoms. The molecule has 1 N–H and O–H groups in total. The molecule has 0 atom stereocenters. The molecule has 0 aromatic heterocycles. The molecular formula is C19H23NO3. The highest BCUT2D eigenvalue weighted by atomic mass is 16.5. The van der Waals surface area contributed by atoms with Crippen LogP contribution in [0.25, 0.3) is 0 Å². The zero-order valence-electron chi connectivity index (χ0n) is 14.1. The zero-order chi connectivity index (χ0) is 16.8. The number of amides is 1. The molecule has 0 heterocycles. The Morgan fingerprint density at radius 2 is 1.87 bits per heavy atom. The Bertz CT molecular complexity index is 680. The normalized spacial score (nSPS) is 10.5. The summed E-state index contributed by atoms with van der Waals surface area (Å²) < 4.78 is 10.5.